The molecule has 2 heterocycles. The number of hydrogen-bond donors (Lipinski definition) is 2. The van der Waals surface area contributed by atoms with Crippen molar-refractivity contribution in [1.82, 2.24) is 14.8 Å². The van der Waals surface area contributed by atoms with E-state index in [-0.39, 0.29) is 0 Å². The molecule has 0 saturated heterocycles. The molecule has 0 fully saturated rings. The van der Waals surface area contributed by atoms with Gasteiger partial charge in [-0.2, -0.15) is 4.98 Å². The highest BCUT2D eigenvalue weighted by atomic mass is 16.5. The molecule has 2 aromatic carbocycles. The molecule has 3 N–H and O–H groups in total. The third-order valence-electron chi connectivity index (χ3n) is 5.13. The number of anilines is 1. The largest absolute Gasteiger partial charge is 0.497 e. The van der Waals surface area contributed by atoms with Gasteiger partial charge in [0.25, 0.3) is 0 Å². The van der Waals surface area contributed by atoms with Crippen molar-refractivity contribution < 1.29 is 14.3 Å². The number of benzene rings is 2. The van der Waals surface area contributed by atoms with Crippen LogP contribution < -0.4 is 20.5 Å². The number of nitrogens with two attached hydrogens (primary N) is 1. The first kappa shape index (κ1) is 19.5. The lowest BCUT2D eigenvalue weighted by atomic mass is 9.94. The van der Waals surface area contributed by atoms with Crippen molar-refractivity contribution in [1.29, 1.82) is 0 Å². The van der Waals surface area contributed by atoms with Crippen LogP contribution in [-0.4, -0.2) is 34.9 Å². The van der Waals surface area contributed by atoms with Gasteiger partial charge in [0, 0.05) is 16.8 Å². The summed E-state index contributed by atoms with van der Waals surface area (Å²) < 4.78 is 12.6. The monoisotopic (exact) mass is 405 g/mol. The number of aryl methyl sites for hydroxylation is 1. The summed E-state index contributed by atoms with van der Waals surface area (Å²) in [6.45, 7) is 3.81. The number of primary amides is 1. The Morgan fingerprint density at radius 2 is 1.93 bits per heavy atom. The molecule has 1 atom stereocenters. The Morgan fingerprint density at radius 1 is 1.13 bits per heavy atom. The Morgan fingerprint density at radius 3 is 2.60 bits per heavy atom. The minimum absolute atomic E-state index is 0.384. The third-order valence-corrected chi connectivity index (χ3v) is 5.13. The van der Waals surface area contributed by atoms with Gasteiger partial charge < -0.3 is 20.5 Å². The molecule has 4 rings (SSSR count). The zero-order valence-electron chi connectivity index (χ0n) is 17.3. The van der Waals surface area contributed by atoms with Gasteiger partial charge in [-0.05, 0) is 38.1 Å². The van der Waals surface area contributed by atoms with Crippen molar-refractivity contribution >= 4 is 11.9 Å². The van der Waals surface area contributed by atoms with E-state index in [1.807, 2.05) is 37.3 Å². The number of allylic oxidation sites excluding steroid dienone is 1. The zero-order chi connectivity index (χ0) is 21.4. The van der Waals surface area contributed by atoms with Gasteiger partial charge in [0.05, 0.1) is 19.8 Å². The molecule has 0 aliphatic carbocycles. The Kier molecular flexibility index (Phi) is 4.91. The minimum atomic E-state index is -0.616. The molecule has 30 heavy (non-hydrogen) atoms. The molecule has 8 heteroatoms. The number of aromatic nitrogens is 3. The van der Waals surface area contributed by atoms with Gasteiger partial charge in [0.15, 0.2) is 5.82 Å². The highest BCUT2D eigenvalue weighted by Crippen LogP contribution is 2.41. The van der Waals surface area contributed by atoms with E-state index in [4.69, 9.17) is 20.3 Å². The smallest absolute Gasteiger partial charge is 0.248 e. The van der Waals surface area contributed by atoms with E-state index in [1.165, 1.54) is 0 Å². The Hall–Kier alpha value is -3.81. The van der Waals surface area contributed by atoms with Crippen LogP contribution in [0.1, 0.15) is 24.1 Å². The summed E-state index contributed by atoms with van der Waals surface area (Å²) in [5.41, 5.74) is 9.46. The van der Waals surface area contributed by atoms with Crippen molar-refractivity contribution in [2.24, 2.45) is 5.73 Å². The maximum atomic E-state index is 12.4. The maximum absolute atomic E-state index is 12.4. The van der Waals surface area contributed by atoms with Gasteiger partial charge in [-0.1, -0.05) is 23.8 Å². The fourth-order valence-corrected chi connectivity index (χ4v) is 3.72. The maximum Gasteiger partial charge on any atom is 0.248 e. The second kappa shape index (κ2) is 7.55. The van der Waals surface area contributed by atoms with Gasteiger partial charge in [-0.3, -0.25) is 4.79 Å². The molecule has 154 valence electrons. The number of carbonyl (C=O) groups excluding carboxylic acids is 1. The summed E-state index contributed by atoms with van der Waals surface area (Å²) in [6, 6.07) is 12.7. The molecule has 0 radical (unpaired) electrons. The number of nitrogens with one attached hydrogen (secondary N) is 1. The molecule has 1 amide bonds. The first-order valence-corrected chi connectivity index (χ1v) is 9.46. The van der Waals surface area contributed by atoms with Crippen LogP contribution in [0.25, 0.3) is 11.4 Å². The van der Waals surface area contributed by atoms with Gasteiger partial charge >= 0.3 is 0 Å². The quantitative estimate of drug-likeness (QED) is 0.676. The van der Waals surface area contributed by atoms with Gasteiger partial charge in [-0.15, -0.1) is 5.10 Å². The van der Waals surface area contributed by atoms with E-state index >= 15 is 0 Å². The van der Waals surface area contributed by atoms with Crippen LogP contribution in [0, 0.1) is 6.92 Å². The molecular formula is C22H23N5O3. The zero-order valence-corrected chi connectivity index (χ0v) is 17.3. The van der Waals surface area contributed by atoms with Crippen LogP contribution in [0.3, 0.4) is 0 Å². The van der Waals surface area contributed by atoms with Crippen molar-refractivity contribution in [2.75, 3.05) is 19.5 Å². The predicted octanol–water partition coefficient (Wildman–Crippen LogP) is 3.04. The number of hydrogen-bond acceptors (Lipinski definition) is 6. The van der Waals surface area contributed by atoms with Gasteiger partial charge in [0.1, 0.15) is 17.5 Å². The van der Waals surface area contributed by atoms with Crippen molar-refractivity contribution in [3.63, 3.8) is 0 Å². The number of methoxy groups -OCH3 is 2. The molecule has 0 saturated carbocycles. The fourth-order valence-electron chi connectivity index (χ4n) is 3.72. The molecule has 0 unspecified atom stereocenters. The van der Waals surface area contributed by atoms with E-state index in [0.717, 1.165) is 11.1 Å². The van der Waals surface area contributed by atoms with Crippen LogP contribution >= 0.6 is 0 Å². The fraction of sp³-hybridized carbons (Fsp3) is 0.227. The Labute approximate surface area is 174 Å². The van der Waals surface area contributed by atoms with E-state index in [1.54, 1.807) is 38.0 Å². The second-order valence-electron chi connectivity index (χ2n) is 7.11. The summed E-state index contributed by atoms with van der Waals surface area (Å²) in [5.74, 6) is 1.74. The lowest BCUT2D eigenvalue weighted by Gasteiger charge is -2.28. The van der Waals surface area contributed by atoms with Crippen LogP contribution in [0.5, 0.6) is 11.5 Å². The van der Waals surface area contributed by atoms with E-state index in [2.05, 4.69) is 10.3 Å². The standard InChI is InChI=1S/C22H23N5O3/c1-12-6-5-7-14(10-12)21-25-22-24-13(2)18(20(23)28)19(27(22)26-21)16-11-15(29-3)8-9-17(16)30-4/h5-11,19H,1-4H3,(H2,23,28)(H,24,25,26)/t19-/m1/s1. The Balaban J connectivity index is 1.94. The molecule has 1 aliphatic heterocycles. The summed E-state index contributed by atoms with van der Waals surface area (Å²) in [4.78, 5) is 17.1. The predicted molar refractivity (Wildman–Crippen MR) is 113 cm³/mol. The van der Waals surface area contributed by atoms with E-state index < -0.39 is 11.9 Å². The molecule has 3 aromatic rings. The lowest BCUT2D eigenvalue weighted by molar-refractivity contribution is -0.115. The SMILES string of the molecule is COc1ccc(OC)c([C@@H]2C(C(N)=O)=C(C)Nc3nc(-c4cccc(C)c4)nn32)c1. The third kappa shape index (κ3) is 3.26. The average molecular weight is 405 g/mol. The van der Waals surface area contributed by atoms with Crippen molar-refractivity contribution in [2.45, 2.75) is 19.9 Å². The molecular weight excluding hydrogens is 382 g/mol. The number of amides is 1. The molecule has 0 spiro atoms. The number of nitrogens with zero attached hydrogens (tertiary/aromatic N) is 3. The summed E-state index contributed by atoms with van der Waals surface area (Å²) >= 11 is 0. The molecule has 1 aromatic heterocycles. The first-order valence-electron chi connectivity index (χ1n) is 9.46. The second-order valence-corrected chi connectivity index (χ2v) is 7.11. The van der Waals surface area contributed by atoms with Crippen LogP contribution in [0.15, 0.2) is 53.7 Å². The number of rotatable bonds is 5. The van der Waals surface area contributed by atoms with Crippen molar-refractivity contribution in [3.8, 4) is 22.9 Å². The topological polar surface area (TPSA) is 104 Å². The average Bonchev–Trinajstić information content (AvgIpc) is 3.15. The highest BCUT2D eigenvalue weighted by Gasteiger charge is 2.35. The summed E-state index contributed by atoms with van der Waals surface area (Å²) in [5, 5.41) is 7.88. The summed E-state index contributed by atoms with van der Waals surface area (Å²) in [6.07, 6.45) is 0. The van der Waals surface area contributed by atoms with E-state index in [9.17, 15) is 4.79 Å². The highest BCUT2D eigenvalue weighted by molar-refractivity contribution is 5.95. The summed E-state index contributed by atoms with van der Waals surface area (Å²) in [7, 11) is 3.16. The molecule has 1 aliphatic rings. The van der Waals surface area contributed by atoms with Gasteiger partial charge in [0.2, 0.25) is 11.9 Å². The Bertz CT molecular complexity index is 1170. The number of fused-ring (bicyclic) bond motifs is 1. The van der Waals surface area contributed by atoms with Crippen LogP contribution in [0.4, 0.5) is 5.95 Å². The molecule has 8 nitrogen and oxygen atoms in total. The molecule has 0 bridgehead atoms. The van der Waals surface area contributed by atoms with Crippen LogP contribution in [-0.2, 0) is 4.79 Å². The number of carbonyl (C=O) groups is 1. The van der Waals surface area contributed by atoms with Gasteiger partial charge in [-0.25, -0.2) is 4.68 Å². The van der Waals surface area contributed by atoms with Crippen molar-refractivity contribution in [3.05, 3.63) is 64.9 Å². The minimum Gasteiger partial charge on any atom is -0.497 e. The van der Waals surface area contributed by atoms with Crippen LogP contribution in [0.2, 0.25) is 0 Å². The van der Waals surface area contributed by atoms with E-state index in [0.29, 0.717) is 40.1 Å². The lowest BCUT2D eigenvalue weighted by Crippen LogP contribution is -2.32. The number of ether oxygens (including phenoxy) is 2. The normalized spacial score (nSPS) is 15.4. The first-order chi connectivity index (χ1) is 14.4.